The molecule has 0 atom stereocenters. The van der Waals surface area contributed by atoms with Crippen LogP contribution >= 0.6 is 23.6 Å². The summed E-state index contributed by atoms with van der Waals surface area (Å²) in [7, 11) is 0. The molecule has 0 unspecified atom stereocenters. The Hall–Kier alpha value is -0.870. The summed E-state index contributed by atoms with van der Waals surface area (Å²) >= 11 is 6.87. The van der Waals surface area contributed by atoms with E-state index in [9.17, 15) is 0 Å². The number of aryl methyl sites for hydroxylation is 1. The molecule has 0 amide bonds. The summed E-state index contributed by atoms with van der Waals surface area (Å²) in [5.41, 5.74) is 2.49. The van der Waals surface area contributed by atoms with Gasteiger partial charge in [-0.2, -0.15) is 11.3 Å². The van der Waals surface area contributed by atoms with Gasteiger partial charge in [0.05, 0.1) is 6.54 Å². The number of thiophene rings is 1. The summed E-state index contributed by atoms with van der Waals surface area (Å²) in [6.45, 7) is 2.93. The molecule has 68 valence electrons. The highest BCUT2D eigenvalue weighted by molar-refractivity contribution is 7.71. The van der Waals surface area contributed by atoms with Crippen LogP contribution in [0, 0.1) is 11.7 Å². The molecule has 1 N–H and O–H groups in total. The molecule has 0 aromatic carbocycles. The lowest BCUT2D eigenvalue weighted by molar-refractivity contribution is 0.760. The van der Waals surface area contributed by atoms with Crippen LogP contribution in [-0.2, 0) is 6.54 Å². The Kier molecular flexibility index (Phi) is 2.33. The monoisotopic (exact) mass is 210 g/mol. The van der Waals surface area contributed by atoms with Crippen LogP contribution in [0.2, 0.25) is 0 Å². The van der Waals surface area contributed by atoms with Crippen molar-refractivity contribution in [1.29, 1.82) is 0 Å². The van der Waals surface area contributed by atoms with E-state index in [0.717, 1.165) is 11.3 Å². The average molecular weight is 210 g/mol. The van der Waals surface area contributed by atoms with Gasteiger partial charge in [-0.3, -0.25) is 0 Å². The van der Waals surface area contributed by atoms with Gasteiger partial charge in [-0.1, -0.05) is 0 Å². The third-order valence-corrected chi connectivity index (χ3v) is 3.07. The maximum atomic E-state index is 5.16. The standard InChI is InChI=1S/C9H10N2S2/c1-7-4-10-9(12)11(7)5-8-2-3-13-6-8/h2-4,6H,5H2,1H3,(H,10,12). The van der Waals surface area contributed by atoms with Crippen LogP contribution in [-0.4, -0.2) is 9.55 Å². The van der Waals surface area contributed by atoms with Crippen molar-refractivity contribution in [2.24, 2.45) is 0 Å². The Balaban J connectivity index is 2.33. The van der Waals surface area contributed by atoms with Crippen LogP contribution in [0.3, 0.4) is 0 Å². The highest BCUT2D eigenvalue weighted by Crippen LogP contribution is 2.10. The molecule has 4 heteroatoms. The molecule has 0 bridgehead atoms. The maximum absolute atomic E-state index is 5.16. The van der Waals surface area contributed by atoms with Gasteiger partial charge in [0, 0.05) is 11.9 Å². The number of hydrogen-bond acceptors (Lipinski definition) is 2. The average Bonchev–Trinajstić information content (AvgIpc) is 2.70. The smallest absolute Gasteiger partial charge is 0.177 e. The molecular formula is C9H10N2S2. The highest BCUT2D eigenvalue weighted by Gasteiger charge is 2.00. The molecular weight excluding hydrogens is 200 g/mol. The number of nitrogens with zero attached hydrogens (tertiary/aromatic N) is 1. The third-order valence-electron chi connectivity index (χ3n) is 2.00. The number of aromatic nitrogens is 2. The summed E-state index contributed by atoms with van der Waals surface area (Å²) in [6, 6.07) is 2.12. The SMILES string of the molecule is Cc1c[nH]c(=S)n1Cc1ccsc1. The van der Waals surface area contributed by atoms with Crippen molar-refractivity contribution in [3.63, 3.8) is 0 Å². The molecule has 0 aliphatic carbocycles. The Morgan fingerprint density at radius 1 is 1.62 bits per heavy atom. The number of hydrogen-bond donors (Lipinski definition) is 1. The minimum absolute atomic E-state index is 0.795. The first kappa shape index (κ1) is 8.72. The van der Waals surface area contributed by atoms with Crippen LogP contribution in [0.1, 0.15) is 11.3 Å². The van der Waals surface area contributed by atoms with Gasteiger partial charge in [-0.15, -0.1) is 0 Å². The quantitative estimate of drug-likeness (QED) is 0.756. The van der Waals surface area contributed by atoms with Crippen molar-refractivity contribution in [2.75, 3.05) is 0 Å². The van der Waals surface area contributed by atoms with Gasteiger partial charge in [0.2, 0.25) is 0 Å². The van der Waals surface area contributed by atoms with E-state index in [0.29, 0.717) is 0 Å². The molecule has 13 heavy (non-hydrogen) atoms. The second-order valence-corrected chi connectivity index (χ2v) is 4.12. The summed E-state index contributed by atoms with van der Waals surface area (Å²) in [6.07, 6.45) is 1.94. The van der Waals surface area contributed by atoms with Gasteiger partial charge < -0.3 is 9.55 Å². The van der Waals surface area contributed by atoms with Crippen LogP contribution < -0.4 is 0 Å². The molecule has 2 rings (SSSR count). The lowest BCUT2D eigenvalue weighted by Crippen LogP contribution is -2.00. The van der Waals surface area contributed by atoms with Crippen molar-refractivity contribution in [3.8, 4) is 0 Å². The van der Waals surface area contributed by atoms with Gasteiger partial charge in [0.1, 0.15) is 0 Å². The largest absolute Gasteiger partial charge is 0.337 e. The Labute approximate surface area is 85.9 Å². The molecule has 0 fully saturated rings. The van der Waals surface area contributed by atoms with Crippen molar-refractivity contribution in [1.82, 2.24) is 9.55 Å². The normalized spacial score (nSPS) is 10.5. The topological polar surface area (TPSA) is 20.7 Å². The molecule has 2 aromatic heterocycles. The lowest BCUT2D eigenvalue weighted by Gasteiger charge is -2.02. The first-order valence-electron chi connectivity index (χ1n) is 4.03. The molecule has 2 aromatic rings. The van der Waals surface area contributed by atoms with Crippen molar-refractivity contribution in [2.45, 2.75) is 13.5 Å². The van der Waals surface area contributed by atoms with Crippen molar-refractivity contribution >= 4 is 23.6 Å². The van der Waals surface area contributed by atoms with E-state index in [4.69, 9.17) is 12.2 Å². The Bertz CT molecular complexity index is 436. The van der Waals surface area contributed by atoms with Crippen LogP contribution in [0.15, 0.2) is 23.0 Å². The third kappa shape index (κ3) is 1.73. The van der Waals surface area contributed by atoms with E-state index in [1.54, 1.807) is 11.3 Å². The molecule has 0 saturated heterocycles. The van der Waals surface area contributed by atoms with Gasteiger partial charge >= 0.3 is 0 Å². The van der Waals surface area contributed by atoms with Gasteiger partial charge in [0.25, 0.3) is 0 Å². The van der Waals surface area contributed by atoms with Crippen LogP contribution in [0.5, 0.6) is 0 Å². The minimum Gasteiger partial charge on any atom is -0.337 e. The predicted octanol–water partition coefficient (Wildman–Crippen LogP) is 2.96. The lowest BCUT2D eigenvalue weighted by atomic mass is 10.3. The fourth-order valence-electron chi connectivity index (χ4n) is 1.24. The molecule has 2 heterocycles. The summed E-state index contributed by atoms with van der Waals surface area (Å²) in [4.78, 5) is 3.03. The van der Waals surface area contributed by atoms with Crippen molar-refractivity contribution in [3.05, 3.63) is 39.1 Å². The number of nitrogens with one attached hydrogen (secondary N) is 1. The molecule has 0 saturated carbocycles. The van der Waals surface area contributed by atoms with Gasteiger partial charge in [-0.05, 0) is 41.5 Å². The second kappa shape index (κ2) is 3.47. The zero-order chi connectivity index (χ0) is 9.26. The molecule has 0 aliphatic rings. The van der Waals surface area contributed by atoms with E-state index >= 15 is 0 Å². The fraction of sp³-hybridized carbons (Fsp3) is 0.222. The number of H-pyrrole nitrogens is 1. The number of aromatic amines is 1. The van der Waals surface area contributed by atoms with Gasteiger partial charge in [-0.25, -0.2) is 0 Å². The van der Waals surface area contributed by atoms with Crippen LogP contribution in [0.25, 0.3) is 0 Å². The second-order valence-electron chi connectivity index (χ2n) is 2.95. The number of rotatable bonds is 2. The predicted molar refractivity (Wildman–Crippen MR) is 57.8 cm³/mol. The zero-order valence-electron chi connectivity index (χ0n) is 7.28. The Morgan fingerprint density at radius 3 is 3.00 bits per heavy atom. The van der Waals surface area contributed by atoms with Crippen molar-refractivity contribution < 1.29 is 0 Å². The molecule has 0 radical (unpaired) electrons. The van der Waals surface area contributed by atoms with Crippen LogP contribution in [0.4, 0.5) is 0 Å². The summed E-state index contributed by atoms with van der Waals surface area (Å²) < 4.78 is 2.89. The molecule has 2 nitrogen and oxygen atoms in total. The first-order chi connectivity index (χ1) is 6.27. The van der Waals surface area contributed by atoms with E-state index in [-0.39, 0.29) is 0 Å². The first-order valence-corrected chi connectivity index (χ1v) is 5.38. The zero-order valence-corrected chi connectivity index (χ0v) is 8.91. The Morgan fingerprint density at radius 2 is 2.46 bits per heavy atom. The maximum Gasteiger partial charge on any atom is 0.177 e. The summed E-state index contributed by atoms with van der Waals surface area (Å²) in [5.74, 6) is 0. The van der Waals surface area contributed by atoms with E-state index < -0.39 is 0 Å². The fourth-order valence-corrected chi connectivity index (χ4v) is 2.17. The summed E-state index contributed by atoms with van der Waals surface area (Å²) in [5, 5.41) is 4.23. The van der Waals surface area contributed by atoms with E-state index in [2.05, 4.69) is 33.3 Å². The van der Waals surface area contributed by atoms with Gasteiger partial charge in [0.15, 0.2) is 4.77 Å². The number of imidazole rings is 1. The highest BCUT2D eigenvalue weighted by atomic mass is 32.1. The van der Waals surface area contributed by atoms with E-state index in [1.807, 2.05) is 6.20 Å². The molecule has 0 spiro atoms. The minimum atomic E-state index is 0.795. The molecule has 0 aliphatic heterocycles. The van der Waals surface area contributed by atoms with E-state index in [1.165, 1.54) is 11.3 Å².